The average Bonchev–Trinajstić information content (AvgIpc) is 2.28. The van der Waals surface area contributed by atoms with Gasteiger partial charge < -0.3 is 4.74 Å². The number of terminal acetylenes is 1. The Labute approximate surface area is 91.5 Å². The Hall–Kier alpha value is -1.42. The maximum absolute atomic E-state index is 5.37. The van der Waals surface area contributed by atoms with Crippen LogP contribution in [-0.2, 0) is 12.8 Å². The van der Waals surface area contributed by atoms with Crippen molar-refractivity contribution in [1.82, 2.24) is 0 Å². The van der Waals surface area contributed by atoms with Crippen LogP contribution >= 0.6 is 0 Å². The van der Waals surface area contributed by atoms with Gasteiger partial charge in [0.1, 0.15) is 5.75 Å². The fourth-order valence-corrected chi connectivity index (χ4v) is 2.38. The van der Waals surface area contributed by atoms with Crippen molar-refractivity contribution in [2.24, 2.45) is 5.92 Å². The molecular weight excluding hydrogens is 184 g/mol. The molecule has 1 unspecified atom stereocenters. The Morgan fingerprint density at radius 1 is 1.53 bits per heavy atom. The molecule has 1 aliphatic rings. The van der Waals surface area contributed by atoms with Gasteiger partial charge in [0.2, 0.25) is 0 Å². The topological polar surface area (TPSA) is 9.23 Å². The van der Waals surface area contributed by atoms with Gasteiger partial charge in [-0.1, -0.05) is 12.1 Å². The van der Waals surface area contributed by atoms with Gasteiger partial charge in [-0.3, -0.25) is 0 Å². The second-order valence-corrected chi connectivity index (χ2v) is 4.12. The molecule has 15 heavy (non-hydrogen) atoms. The van der Waals surface area contributed by atoms with E-state index in [1.165, 1.54) is 17.5 Å². The van der Waals surface area contributed by atoms with E-state index >= 15 is 0 Å². The lowest BCUT2D eigenvalue weighted by atomic mass is 9.82. The Kier molecular flexibility index (Phi) is 2.97. The van der Waals surface area contributed by atoms with Gasteiger partial charge in [0.25, 0.3) is 0 Å². The molecule has 0 radical (unpaired) electrons. The van der Waals surface area contributed by atoms with E-state index in [1.54, 1.807) is 7.11 Å². The summed E-state index contributed by atoms with van der Waals surface area (Å²) in [6.45, 7) is 0. The number of methoxy groups -OCH3 is 1. The summed E-state index contributed by atoms with van der Waals surface area (Å²) in [6, 6.07) is 6.30. The molecule has 0 amide bonds. The normalized spacial score (nSPS) is 19.1. The monoisotopic (exact) mass is 200 g/mol. The van der Waals surface area contributed by atoms with Crippen molar-refractivity contribution in [1.29, 1.82) is 0 Å². The van der Waals surface area contributed by atoms with Gasteiger partial charge in [0, 0.05) is 6.42 Å². The van der Waals surface area contributed by atoms with E-state index in [0.29, 0.717) is 5.92 Å². The molecular formula is C14H16O. The zero-order chi connectivity index (χ0) is 10.7. The highest BCUT2D eigenvalue weighted by atomic mass is 16.5. The van der Waals surface area contributed by atoms with Crippen LogP contribution in [0.4, 0.5) is 0 Å². The van der Waals surface area contributed by atoms with E-state index in [4.69, 9.17) is 11.2 Å². The largest absolute Gasteiger partial charge is 0.496 e. The van der Waals surface area contributed by atoms with E-state index in [2.05, 4.69) is 18.1 Å². The molecule has 78 valence electrons. The van der Waals surface area contributed by atoms with Crippen LogP contribution in [0.5, 0.6) is 5.75 Å². The molecule has 1 heteroatoms. The molecule has 0 saturated carbocycles. The van der Waals surface area contributed by atoms with Gasteiger partial charge >= 0.3 is 0 Å². The zero-order valence-electron chi connectivity index (χ0n) is 9.12. The number of ether oxygens (including phenoxy) is 1. The van der Waals surface area contributed by atoms with Crippen LogP contribution in [0, 0.1) is 18.3 Å². The van der Waals surface area contributed by atoms with Crippen LogP contribution < -0.4 is 4.74 Å². The van der Waals surface area contributed by atoms with Crippen molar-refractivity contribution in [3.05, 3.63) is 29.3 Å². The summed E-state index contributed by atoms with van der Waals surface area (Å²) in [4.78, 5) is 0. The Bertz CT molecular complexity index is 387. The first-order valence-electron chi connectivity index (χ1n) is 5.43. The smallest absolute Gasteiger partial charge is 0.122 e. The molecule has 0 saturated heterocycles. The van der Waals surface area contributed by atoms with Crippen molar-refractivity contribution in [3.63, 3.8) is 0 Å². The van der Waals surface area contributed by atoms with Crippen LogP contribution in [0.3, 0.4) is 0 Å². The quantitative estimate of drug-likeness (QED) is 0.667. The fraction of sp³-hybridized carbons (Fsp3) is 0.429. The predicted octanol–water partition coefficient (Wildman–Crippen LogP) is 2.82. The summed E-state index contributed by atoms with van der Waals surface area (Å²) < 4.78 is 5.37. The third-order valence-electron chi connectivity index (χ3n) is 3.17. The lowest BCUT2D eigenvalue weighted by molar-refractivity contribution is 0.396. The predicted molar refractivity (Wildman–Crippen MR) is 62.0 cm³/mol. The lowest BCUT2D eigenvalue weighted by Crippen LogP contribution is -2.14. The summed E-state index contributed by atoms with van der Waals surface area (Å²) in [5.74, 6) is 4.46. The fourth-order valence-electron chi connectivity index (χ4n) is 2.38. The van der Waals surface area contributed by atoms with Crippen molar-refractivity contribution in [3.8, 4) is 18.1 Å². The van der Waals surface area contributed by atoms with Crippen LogP contribution in [0.15, 0.2) is 18.2 Å². The number of fused-ring (bicyclic) bond motifs is 1. The minimum atomic E-state index is 0.662. The number of hydrogen-bond donors (Lipinski definition) is 0. The van der Waals surface area contributed by atoms with Crippen molar-refractivity contribution in [2.45, 2.75) is 25.7 Å². The molecule has 1 atom stereocenters. The molecule has 0 spiro atoms. The van der Waals surface area contributed by atoms with Crippen molar-refractivity contribution < 1.29 is 4.74 Å². The van der Waals surface area contributed by atoms with E-state index in [9.17, 15) is 0 Å². The molecule has 1 nitrogen and oxygen atoms in total. The lowest BCUT2D eigenvalue weighted by Gasteiger charge is -2.24. The molecule has 1 aliphatic carbocycles. The molecule has 1 aromatic rings. The first-order valence-corrected chi connectivity index (χ1v) is 5.43. The first-order chi connectivity index (χ1) is 7.35. The van der Waals surface area contributed by atoms with E-state index in [-0.39, 0.29) is 0 Å². The van der Waals surface area contributed by atoms with E-state index in [0.717, 1.165) is 25.0 Å². The van der Waals surface area contributed by atoms with Gasteiger partial charge in [-0.05, 0) is 42.4 Å². The van der Waals surface area contributed by atoms with Crippen molar-refractivity contribution in [2.75, 3.05) is 7.11 Å². The van der Waals surface area contributed by atoms with Gasteiger partial charge in [0.15, 0.2) is 0 Å². The minimum absolute atomic E-state index is 0.662. The summed E-state index contributed by atoms with van der Waals surface area (Å²) >= 11 is 0. The van der Waals surface area contributed by atoms with Crippen molar-refractivity contribution >= 4 is 0 Å². The van der Waals surface area contributed by atoms with Crippen LogP contribution in [-0.4, -0.2) is 7.11 Å². The second kappa shape index (κ2) is 4.40. The molecule has 0 heterocycles. The first kappa shape index (κ1) is 10.1. The molecule has 0 fully saturated rings. The summed E-state index contributed by atoms with van der Waals surface area (Å²) in [5.41, 5.74) is 2.80. The van der Waals surface area contributed by atoms with Gasteiger partial charge in [-0.15, -0.1) is 12.3 Å². The van der Waals surface area contributed by atoms with Crippen LogP contribution in [0.2, 0.25) is 0 Å². The Balaban J connectivity index is 2.24. The highest BCUT2D eigenvalue weighted by molar-refractivity contribution is 5.42. The minimum Gasteiger partial charge on any atom is -0.496 e. The Morgan fingerprint density at radius 3 is 3.13 bits per heavy atom. The highest BCUT2D eigenvalue weighted by Gasteiger charge is 2.20. The number of rotatable bonds is 2. The molecule has 2 rings (SSSR count). The summed E-state index contributed by atoms with van der Waals surface area (Å²) in [7, 11) is 1.74. The summed E-state index contributed by atoms with van der Waals surface area (Å²) in [6.07, 6.45) is 9.66. The second-order valence-electron chi connectivity index (χ2n) is 4.12. The van der Waals surface area contributed by atoms with Gasteiger partial charge in [-0.2, -0.15) is 0 Å². The maximum atomic E-state index is 5.37. The SMILES string of the molecule is C#CCC1CCc2c(cccc2OC)C1. The number of benzene rings is 1. The summed E-state index contributed by atoms with van der Waals surface area (Å²) in [5, 5.41) is 0. The van der Waals surface area contributed by atoms with E-state index in [1.807, 2.05) is 6.07 Å². The molecule has 0 aliphatic heterocycles. The molecule has 0 aromatic heterocycles. The molecule has 0 bridgehead atoms. The zero-order valence-corrected chi connectivity index (χ0v) is 9.12. The molecule has 0 N–H and O–H groups in total. The van der Waals surface area contributed by atoms with E-state index < -0.39 is 0 Å². The third kappa shape index (κ3) is 1.99. The van der Waals surface area contributed by atoms with Crippen LogP contribution in [0.25, 0.3) is 0 Å². The van der Waals surface area contributed by atoms with Crippen LogP contribution in [0.1, 0.15) is 24.0 Å². The maximum Gasteiger partial charge on any atom is 0.122 e. The van der Waals surface area contributed by atoms with Gasteiger partial charge in [-0.25, -0.2) is 0 Å². The average molecular weight is 200 g/mol. The molecule has 1 aromatic carbocycles. The standard InChI is InChI=1S/C14H16O/c1-3-5-11-8-9-13-12(10-11)6-4-7-14(13)15-2/h1,4,6-7,11H,5,8-10H2,2H3. The number of hydrogen-bond acceptors (Lipinski definition) is 1. The Morgan fingerprint density at radius 2 is 2.40 bits per heavy atom. The third-order valence-corrected chi connectivity index (χ3v) is 3.17. The van der Waals surface area contributed by atoms with Gasteiger partial charge in [0.05, 0.1) is 7.11 Å². The highest BCUT2D eigenvalue weighted by Crippen LogP contribution is 2.32.